The van der Waals surface area contributed by atoms with Gasteiger partial charge in [0.05, 0.1) is 0 Å². The van der Waals surface area contributed by atoms with Crippen molar-refractivity contribution < 1.29 is 28.6 Å². The van der Waals surface area contributed by atoms with Crippen LogP contribution >= 0.6 is 0 Å². The van der Waals surface area contributed by atoms with Gasteiger partial charge in [-0.15, -0.1) is 0 Å². The molecule has 0 saturated heterocycles. The van der Waals surface area contributed by atoms with E-state index in [1.165, 1.54) is 186 Å². The molecule has 0 aromatic heterocycles. The van der Waals surface area contributed by atoms with Gasteiger partial charge in [0, 0.05) is 19.3 Å². The number of ether oxygens (including phenoxy) is 3. The third-order valence-corrected chi connectivity index (χ3v) is 15.3. The Hall–Kier alpha value is -3.93. The maximum atomic E-state index is 12.9. The summed E-state index contributed by atoms with van der Waals surface area (Å²) in [4.78, 5) is 38.4. The van der Waals surface area contributed by atoms with Crippen LogP contribution in [-0.4, -0.2) is 37.2 Å². The molecule has 0 aliphatic heterocycles. The van der Waals surface area contributed by atoms with Gasteiger partial charge >= 0.3 is 17.9 Å². The Kier molecular flexibility index (Phi) is 67.2. The van der Waals surface area contributed by atoms with Gasteiger partial charge in [-0.2, -0.15) is 0 Å². The van der Waals surface area contributed by atoms with Crippen LogP contribution < -0.4 is 0 Å². The zero-order valence-corrected chi connectivity index (χ0v) is 54.7. The quantitative estimate of drug-likeness (QED) is 0.0261. The van der Waals surface area contributed by atoms with Crippen LogP contribution in [0.2, 0.25) is 0 Å². The first-order valence-electron chi connectivity index (χ1n) is 35.4. The van der Waals surface area contributed by atoms with Crippen LogP contribution in [0.5, 0.6) is 0 Å². The van der Waals surface area contributed by atoms with Gasteiger partial charge in [-0.25, -0.2) is 0 Å². The highest BCUT2D eigenvalue weighted by Crippen LogP contribution is 2.18. The number of hydrogen-bond donors (Lipinski definition) is 0. The van der Waals surface area contributed by atoms with E-state index < -0.39 is 6.10 Å². The van der Waals surface area contributed by atoms with E-state index >= 15 is 0 Å². The molecule has 0 aromatic carbocycles. The molecule has 0 heterocycles. The molecule has 0 radical (unpaired) electrons. The summed E-state index contributed by atoms with van der Waals surface area (Å²) >= 11 is 0. The summed E-state index contributed by atoms with van der Waals surface area (Å²) in [7, 11) is 0. The number of unbranched alkanes of at least 4 members (excludes halogenated alkanes) is 35. The number of allylic oxidation sites excluding steroid dienone is 18. The molecule has 0 bridgehead atoms. The lowest BCUT2D eigenvalue weighted by molar-refractivity contribution is -0.167. The monoisotopic (exact) mass is 1150 g/mol. The lowest BCUT2D eigenvalue weighted by Gasteiger charge is -2.18. The zero-order valence-electron chi connectivity index (χ0n) is 54.7. The van der Waals surface area contributed by atoms with Crippen molar-refractivity contribution >= 4 is 17.9 Å². The largest absolute Gasteiger partial charge is 0.462 e. The van der Waals surface area contributed by atoms with E-state index in [2.05, 4.69) is 130 Å². The highest BCUT2D eigenvalue weighted by molar-refractivity contribution is 5.71. The Balaban J connectivity index is 4.27. The Labute approximate surface area is 514 Å². The lowest BCUT2D eigenvalue weighted by atomic mass is 10.0. The van der Waals surface area contributed by atoms with Crippen molar-refractivity contribution in [3.8, 4) is 0 Å². The van der Waals surface area contributed by atoms with Crippen LogP contribution in [0, 0.1) is 0 Å². The van der Waals surface area contributed by atoms with Crippen molar-refractivity contribution in [1.29, 1.82) is 0 Å². The normalized spacial score (nSPS) is 12.8. The summed E-state index contributed by atoms with van der Waals surface area (Å²) in [6.45, 7) is 6.42. The molecule has 0 aromatic rings. The first-order valence-corrected chi connectivity index (χ1v) is 35.4. The van der Waals surface area contributed by atoms with Gasteiger partial charge < -0.3 is 14.2 Å². The molecule has 6 heteroatoms. The van der Waals surface area contributed by atoms with Crippen LogP contribution in [0.4, 0.5) is 0 Å². The fourth-order valence-electron chi connectivity index (χ4n) is 10.1. The molecular formula is C77H132O6. The second-order valence-electron chi connectivity index (χ2n) is 23.4. The van der Waals surface area contributed by atoms with E-state index in [1.54, 1.807) is 0 Å². The Morgan fingerprint density at radius 1 is 0.253 bits per heavy atom. The van der Waals surface area contributed by atoms with E-state index in [-0.39, 0.29) is 31.1 Å². The van der Waals surface area contributed by atoms with Gasteiger partial charge in [0.2, 0.25) is 0 Å². The number of esters is 3. The molecule has 0 aliphatic carbocycles. The fourth-order valence-corrected chi connectivity index (χ4v) is 10.1. The maximum absolute atomic E-state index is 12.9. The number of carbonyl (C=O) groups is 3. The fraction of sp³-hybridized carbons (Fsp3) is 0.727. The Morgan fingerprint density at radius 2 is 0.470 bits per heavy atom. The van der Waals surface area contributed by atoms with Gasteiger partial charge in [-0.05, 0) is 103 Å². The summed E-state index contributed by atoms with van der Waals surface area (Å²) < 4.78 is 17.0. The van der Waals surface area contributed by atoms with Crippen LogP contribution in [0.1, 0.15) is 342 Å². The first-order chi connectivity index (χ1) is 41.0. The molecule has 0 rings (SSSR count). The van der Waals surface area contributed by atoms with Crippen LogP contribution in [0.15, 0.2) is 109 Å². The van der Waals surface area contributed by atoms with E-state index in [0.29, 0.717) is 19.3 Å². The molecule has 6 nitrogen and oxygen atoms in total. The Morgan fingerprint density at radius 3 is 0.759 bits per heavy atom. The average molecular weight is 1150 g/mol. The minimum absolute atomic E-state index is 0.0880. The molecule has 1 unspecified atom stereocenters. The summed E-state index contributed by atoms with van der Waals surface area (Å²) in [6.07, 6.45) is 97.0. The standard InChI is InChI=1S/C77H132O6/c1-4-7-10-13-16-19-22-25-28-30-32-33-34-35-36-37-38-39-40-41-42-43-45-46-49-52-55-58-61-64-67-70-76(79)82-73-74(72-81-75(78)69-66-63-60-57-54-51-48-27-24-21-18-15-12-9-6-3)83-77(80)71-68-65-62-59-56-53-50-47-44-31-29-26-23-20-17-14-11-8-5-2/h7,9-10,12,16,18-19,21,25,27-28,32-33,35-36,48,54,57,74H,4-6,8,11,13-15,17,20,22-24,26,29-31,34,37-47,49-53,55-56,58-73H2,1-3H3/b10-7-,12-9-,19-16-,21-18-,28-25-,33-32-,36-35-,48-27-,57-54-. The van der Waals surface area contributed by atoms with Crippen molar-refractivity contribution in [2.75, 3.05) is 13.2 Å². The van der Waals surface area contributed by atoms with Gasteiger partial charge in [0.15, 0.2) is 6.10 Å². The van der Waals surface area contributed by atoms with Gasteiger partial charge in [0.25, 0.3) is 0 Å². The van der Waals surface area contributed by atoms with Crippen LogP contribution in [0.3, 0.4) is 0 Å². The van der Waals surface area contributed by atoms with Crippen molar-refractivity contribution in [2.24, 2.45) is 0 Å². The van der Waals surface area contributed by atoms with E-state index in [4.69, 9.17) is 14.2 Å². The SMILES string of the molecule is CC/C=C\C/C=C\C/C=C\C/C=C\C/C=C\CCCCCCCCCCCCCCCCCC(=O)OCC(COC(=O)CCCC/C=C\C/C=C\C/C=C\C/C=C\CC)OC(=O)CCCCCCCCCCCCCCCCCCCCC. The summed E-state index contributed by atoms with van der Waals surface area (Å²) in [5.74, 6) is -0.915. The highest BCUT2D eigenvalue weighted by Gasteiger charge is 2.19. The second kappa shape index (κ2) is 70.6. The van der Waals surface area contributed by atoms with Crippen molar-refractivity contribution in [2.45, 2.75) is 348 Å². The predicted octanol–water partition coefficient (Wildman–Crippen LogP) is 24.6. The second-order valence-corrected chi connectivity index (χ2v) is 23.4. The molecule has 476 valence electrons. The topological polar surface area (TPSA) is 78.9 Å². The maximum Gasteiger partial charge on any atom is 0.306 e. The minimum Gasteiger partial charge on any atom is -0.462 e. The van der Waals surface area contributed by atoms with Crippen LogP contribution in [-0.2, 0) is 28.6 Å². The Bertz CT molecular complexity index is 1660. The summed E-state index contributed by atoms with van der Waals surface area (Å²) in [5.41, 5.74) is 0. The molecule has 0 saturated carbocycles. The van der Waals surface area contributed by atoms with Gasteiger partial charge in [0.1, 0.15) is 13.2 Å². The predicted molar refractivity (Wildman–Crippen MR) is 362 cm³/mol. The van der Waals surface area contributed by atoms with E-state index in [9.17, 15) is 14.4 Å². The smallest absolute Gasteiger partial charge is 0.306 e. The number of hydrogen-bond acceptors (Lipinski definition) is 6. The summed E-state index contributed by atoms with van der Waals surface area (Å²) in [5, 5.41) is 0. The molecule has 0 fully saturated rings. The number of carbonyl (C=O) groups excluding carboxylic acids is 3. The summed E-state index contributed by atoms with van der Waals surface area (Å²) in [6, 6.07) is 0. The van der Waals surface area contributed by atoms with Crippen molar-refractivity contribution in [3.05, 3.63) is 109 Å². The average Bonchev–Trinajstić information content (AvgIpc) is 3.49. The first kappa shape index (κ1) is 79.1. The molecule has 83 heavy (non-hydrogen) atoms. The van der Waals surface area contributed by atoms with Gasteiger partial charge in [-0.3, -0.25) is 14.4 Å². The minimum atomic E-state index is -0.795. The molecule has 0 spiro atoms. The van der Waals surface area contributed by atoms with E-state index in [1.807, 2.05) is 0 Å². The van der Waals surface area contributed by atoms with Crippen molar-refractivity contribution in [3.63, 3.8) is 0 Å². The molecular weight excluding hydrogens is 1020 g/mol. The van der Waals surface area contributed by atoms with E-state index in [0.717, 1.165) is 116 Å². The molecule has 1 atom stereocenters. The van der Waals surface area contributed by atoms with Crippen molar-refractivity contribution in [1.82, 2.24) is 0 Å². The molecule has 0 amide bonds. The van der Waals surface area contributed by atoms with Gasteiger partial charge in [-0.1, -0.05) is 329 Å². The lowest BCUT2D eigenvalue weighted by Crippen LogP contribution is -2.30. The third kappa shape index (κ3) is 68.7. The third-order valence-electron chi connectivity index (χ3n) is 15.3. The molecule has 0 aliphatic rings. The van der Waals surface area contributed by atoms with Crippen LogP contribution in [0.25, 0.3) is 0 Å². The highest BCUT2D eigenvalue weighted by atomic mass is 16.6. The molecule has 0 N–H and O–H groups in total. The zero-order chi connectivity index (χ0) is 59.9. The number of rotatable bonds is 64.